The van der Waals surface area contributed by atoms with E-state index in [1.165, 1.54) is 44.6 Å². The molecule has 130 valence electrons. The summed E-state index contributed by atoms with van der Waals surface area (Å²) in [6.45, 7) is 7.77. The molecule has 0 fully saturated rings. The van der Waals surface area contributed by atoms with E-state index < -0.39 is 5.79 Å². The molecular formula is C19H36O3. The summed E-state index contributed by atoms with van der Waals surface area (Å²) in [5, 5.41) is 0. The summed E-state index contributed by atoms with van der Waals surface area (Å²) < 4.78 is 11.2. The molecular weight excluding hydrogens is 276 g/mol. The van der Waals surface area contributed by atoms with Crippen LogP contribution >= 0.6 is 0 Å². The first-order valence-corrected chi connectivity index (χ1v) is 8.79. The van der Waals surface area contributed by atoms with Crippen molar-refractivity contribution in [3.05, 3.63) is 12.7 Å². The number of ketones is 1. The van der Waals surface area contributed by atoms with Gasteiger partial charge in [-0.05, 0) is 32.3 Å². The molecule has 0 radical (unpaired) electrons. The maximum atomic E-state index is 11.4. The first kappa shape index (κ1) is 21.3. The van der Waals surface area contributed by atoms with Crippen molar-refractivity contribution in [1.29, 1.82) is 0 Å². The maximum absolute atomic E-state index is 11.4. The van der Waals surface area contributed by atoms with Crippen molar-refractivity contribution in [2.45, 2.75) is 83.8 Å². The zero-order valence-corrected chi connectivity index (χ0v) is 15.2. The van der Waals surface area contributed by atoms with Crippen LogP contribution in [-0.2, 0) is 14.3 Å². The van der Waals surface area contributed by atoms with Gasteiger partial charge < -0.3 is 9.47 Å². The fourth-order valence-corrected chi connectivity index (χ4v) is 2.88. The molecule has 0 bridgehead atoms. The van der Waals surface area contributed by atoms with Crippen LogP contribution in [0.2, 0.25) is 0 Å². The topological polar surface area (TPSA) is 35.5 Å². The second-order valence-electron chi connectivity index (χ2n) is 6.24. The number of allylic oxidation sites excluding steroid dienone is 1. The summed E-state index contributed by atoms with van der Waals surface area (Å²) in [4.78, 5) is 11.4. The van der Waals surface area contributed by atoms with Gasteiger partial charge in [0.15, 0.2) is 11.6 Å². The van der Waals surface area contributed by atoms with E-state index in [1.54, 1.807) is 14.2 Å². The zero-order chi connectivity index (χ0) is 16.8. The fourth-order valence-electron chi connectivity index (χ4n) is 2.88. The third-order valence-corrected chi connectivity index (χ3v) is 4.66. The zero-order valence-electron chi connectivity index (χ0n) is 15.2. The smallest absolute Gasteiger partial charge is 0.167 e. The molecule has 0 amide bonds. The van der Waals surface area contributed by atoms with Crippen LogP contribution < -0.4 is 0 Å². The number of rotatable bonds is 15. The molecule has 0 aliphatic heterocycles. The van der Waals surface area contributed by atoms with Crippen molar-refractivity contribution < 1.29 is 14.3 Å². The van der Waals surface area contributed by atoms with Crippen molar-refractivity contribution in [1.82, 2.24) is 0 Å². The first-order valence-electron chi connectivity index (χ1n) is 8.79. The summed E-state index contributed by atoms with van der Waals surface area (Å²) in [6, 6.07) is 0. The van der Waals surface area contributed by atoms with Crippen molar-refractivity contribution in [2.75, 3.05) is 14.2 Å². The second-order valence-corrected chi connectivity index (χ2v) is 6.24. The molecule has 0 saturated heterocycles. The summed E-state index contributed by atoms with van der Waals surface area (Å²) >= 11 is 0. The SMILES string of the molecule is C=CC(=O)CCCC(CCCCCCCC)C(C)(OC)OC. The van der Waals surface area contributed by atoms with E-state index in [-0.39, 0.29) is 5.78 Å². The first-order chi connectivity index (χ1) is 10.5. The molecule has 1 atom stereocenters. The normalized spacial score (nSPS) is 13.1. The summed E-state index contributed by atoms with van der Waals surface area (Å²) in [6.07, 6.45) is 12.6. The number of unbranched alkanes of at least 4 members (excludes halogenated alkanes) is 5. The molecule has 0 aliphatic carbocycles. The van der Waals surface area contributed by atoms with Gasteiger partial charge in [-0.15, -0.1) is 0 Å². The van der Waals surface area contributed by atoms with Crippen LogP contribution in [0.4, 0.5) is 0 Å². The molecule has 0 aromatic rings. The maximum Gasteiger partial charge on any atom is 0.167 e. The lowest BCUT2D eigenvalue weighted by molar-refractivity contribution is -0.230. The lowest BCUT2D eigenvalue weighted by Crippen LogP contribution is -2.39. The van der Waals surface area contributed by atoms with Crippen LogP contribution in [0.3, 0.4) is 0 Å². The highest BCUT2D eigenvalue weighted by Crippen LogP contribution is 2.31. The minimum atomic E-state index is -0.555. The molecule has 1 unspecified atom stereocenters. The van der Waals surface area contributed by atoms with Gasteiger partial charge in [-0.3, -0.25) is 4.79 Å². The average Bonchev–Trinajstić information content (AvgIpc) is 2.55. The van der Waals surface area contributed by atoms with Crippen molar-refractivity contribution >= 4 is 5.78 Å². The van der Waals surface area contributed by atoms with E-state index in [4.69, 9.17) is 9.47 Å². The third-order valence-electron chi connectivity index (χ3n) is 4.66. The Morgan fingerprint density at radius 2 is 1.59 bits per heavy atom. The van der Waals surface area contributed by atoms with Crippen molar-refractivity contribution in [3.8, 4) is 0 Å². The van der Waals surface area contributed by atoms with Crippen LogP contribution in [0.25, 0.3) is 0 Å². The lowest BCUT2D eigenvalue weighted by atomic mass is 9.87. The minimum Gasteiger partial charge on any atom is -0.353 e. The van der Waals surface area contributed by atoms with Crippen LogP contribution in [0.5, 0.6) is 0 Å². The Morgan fingerprint density at radius 1 is 1.05 bits per heavy atom. The third kappa shape index (κ3) is 8.70. The summed E-state index contributed by atoms with van der Waals surface area (Å²) in [5.41, 5.74) is 0. The van der Waals surface area contributed by atoms with E-state index in [0.29, 0.717) is 12.3 Å². The van der Waals surface area contributed by atoms with Crippen LogP contribution in [0.1, 0.15) is 78.1 Å². The molecule has 0 saturated carbocycles. The number of methoxy groups -OCH3 is 2. The highest BCUT2D eigenvalue weighted by molar-refractivity contribution is 5.88. The van der Waals surface area contributed by atoms with Gasteiger partial charge in [0.2, 0.25) is 0 Å². The fraction of sp³-hybridized carbons (Fsp3) is 0.842. The predicted molar refractivity (Wildman–Crippen MR) is 93.0 cm³/mol. The largest absolute Gasteiger partial charge is 0.353 e. The molecule has 3 heteroatoms. The summed E-state index contributed by atoms with van der Waals surface area (Å²) in [5.74, 6) is -0.109. The van der Waals surface area contributed by atoms with E-state index >= 15 is 0 Å². The van der Waals surface area contributed by atoms with Crippen molar-refractivity contribution in [2.24, 2.45) is 5.92 Å². The standard InChI is InChI=1S/C19H36O3/c1-6-8-9-10-11-12-14-17(19(3,21-4)22-5)15-13-16-18(20)7-2/h7,17H,2,6,8-16H2,1,3-5H3. The Bertz CT molecular complexity index is 295. The molecule has 22 heavy (non-hydrogen) atoms. The molecule has 0 aromatic heterocycles. The quantitative estimate of drug-likeness (QED) is 0.234. The van der Waals surface area contributed by atoms with Gasteiger partial charge in [0.05, 0.1) is 0 Å². The summed E-state index contributed by atoms with van der Waals surface area (Å²) in [7, 11) is 3.40. The van der Waals surface area contributed by atoms with E-state index in [9.17, 15) is 4.79 Å². The Balaban J connectivity index is 4.28. The number of hydrogen-bond acceptors (Lipinski definition) is 3. The number of carbonyl (C=O) groups is 1. The Labute approximate surface area is 137 Å². The van der Waals surface area contributed by atoms with Gasteiger partial charge in [-0.1, -0.05) is 52.0 Å². The van der Waals surface area contributed by atoms with Gasteiger partial charge in [-0.2, -0.15) is 0 Å². The number of ether oxygens (including phenoxy) is 2. The van der Waals surface area contributed by atoms with Crippen LogP contribution in [0, 0.1) is 5.92 Å². The minimum absolute atomic E-state index is 0.120. The molecule has 0 aromatic carbocycles. The van der Waals surface area contributed by atoms with Gasteiger partial charge >= 0.3 is 0 Å². The average molecular weight is 312 g/mol. The van der Waals surface area contributed by atoms with Gasteiger partial charge in [-0.25, -0.2) is 0 Å². The molecule has 0 N–H and O–H groups in total. The number of carbonyl (C=O) groups excluding carboxylic acids is 1. The molecule has 0 spiro atoms. The van der Waals surface area contributed by atoms with Crippen LogP contribution in [0.15, 0.2) is 12.7 Å². The molecule has 0 aliphatic rings. The van der Waals surface area contributed by atoms with E-state index in [0.717, 1.165) is 19.3 Å². The second kappa shape index (κ2) is 12.8. The monoisotopic (exact) mass is 312 g/mol. The lowest BCUT2D eigenvalue weighted by Gasteiger charge is -2.35. The van der Waals surface area contributed by atoms with Crippen molar-refractivity contribution in [3.63, 3.8) is 0 Å². The molecule has 0 rings (SSSR count). The van der Waals surface area contributed by atoms with Gasteiger partial charge in [0.1, 0.15) is 0 Å². The Kier molecular flexibility index (Phi) is 12.4. The highest BCUT2D eigenvalue weighted by Gasteiger charge is 2.33. The van der Waals surface area contributed by atoms with Crippen LogP contribution in [-0.4, -0.2) is 25.8 Å². The van der Waals surface area contributed by atoms with E-state index in [2.05, 4.69) is 13.5 Å². The van der Waals surface area contributed by atoms with E-state index in [1.807, 2.05) is 6.92 Å². The predicted octanol–water partition coefficient (Wildman–Crippen LogP) is 5.29. The van der Waals surface area contributed by atoms with Gasteiger partial charge in [0, 0.05) is 26.6 Å². The number of hydrogen-bond donors (Lipinski definition) is 0. The molecule has 3 nitrogen and oxygen atoms in total. The molecule has 0 heterocycles. The Hall–Kier alpha value is -0.670. The Morgan fingerprint density at radius 3 is 2.14 bits per heavy atom. The van der Waals surface area contributed by atoms with Gasteiger partial charge in [0.25, 0.3) is 0 Å². The highest BCUT2D eigenvalue weighted by atomic mass is 16.7.